The topological polar surface area (TPSA) is 122 Å². The minimum absolute atomic E-state index is 0.00435. The van der Waals surface area contributed by atoms with Gasteiger partial charge in [-0.3, -0.25) is 0 Å². The van der Waals surface area contributed by atoms with E-state index in [4.69, 9.17) is 5.73 Å². The quantitative estimate of drug-likeness (QED) is 0.634. The van der Waals surface area contributed by atoms with Gasteiger partial charge in [0, 0.05) is 25.1 Å². The highest BCUT2D eigenvalue weighted by molar-refractivity contribution is 5.84. The molecule has 2 aliphatic carbocycles. The van der Waals surface area contributed by atoms with E-state index < -0.39 is 6.10 Å². The molecule has 2 aliphatic rings. The molecule has 2 saturated carbocycles. The van der Waals surface area contributed by atoms with Crippen LogP contribution in [0.2, 0.25) is 0 Å². The molecule has 0 bridgehead atoms. The van der Waals surface area contributed by atoms with Crippen LogP contribution in [-0.2, 0) is 0 Å². The van der Waals surface area contributed by atoms with Crippen molar-refractivity contribution in [3.8, 4) is 0 Å². The van der Waals surface area contributed by atoms with Gasteiger partial charge in [-0.1, -0.05) is 0 Å². The van der Waals surface area contributed by atoms with Crippen LogP contribution < -0.4 is 11.1 Å². The van der Waals surface area contributed by atoms with Crippen molar-refractivity contribution < 1.29 is 10.2 Å². The Kier molecular flexibility index (Phi) is 3.57. The molecule has 2 aromatic rings. The van der Waals surface area contributed by atoms with Gasteiger partial charge in [0.05, 0.1) is 12.4 Å². The van der Waals surface area contributed by atoms with Crippen LogP contribution in [0.5, 0.6) is 0 Å². The van der Waals surface area contributed by atoms with Gasteiger partial charge in [0.25, 0.3) is 0 Å². The monoisotopic (exact) mass is 318 g/mol. The number of aromatic nitrogens is 4. The van der Waals surface area contributed by atoms with Gasteiger partial charge in [0.1, 0.15) is 0 Å². The average Bonchev–Trinajstić information content (AvgIpc) is 3.15. The molecule has 5 N–H and O–H groups in total. The Labute approximate surface area is 133 Å². The number of rotatable bonds is 5. The fourth-order valence-electron chi connectivity index (χ4n) is 3.38. The van der Waals surface area contributed by atoms with Gasteiger partial charge in [-0.2, -0.15) is 9.97 Å². The van der Waals surface area contributed by atoms with E-state index in [1.807, 2.05) is 4.57 Å². The van der Waals surface area contributed by atoms with Crippen LogP contribution in [0.25, 0.3) is 11.2 Å². The molecular weight excluding hydrogens is 296 g/mol. The number of imidazole rings is 1. The second-order valence-electron chi connectivity index (χ2n) is 6.71. The van der Waals surface area contributed by atoms with E-state index in [1.54, 1.807) is 6.33 Å². The van der Waals surface area contributed by atoms with Gasteiger partial charge in [-0.25, -0.2) is 4.98 Å². The van der Waals surface area contributed by atoms with Crippen molar-refractivity contribution in [2.24, 2.45) is 11.8 Å². The molecule has 0 aliphatic heterocycles. The molecule has 0 amide bonds. The Morgan fingerprint density at radius 2 is 2.13 bits per heavy atom. The van der Waals surface area contributed by atoms with E-state index in [0.717, 1.165) is 12.5 Å². The van der Waals surface area contributed by atoms with Crippen LogP contribution >= 0.6 is 0 Å². The smallest absolute Gasteiger partial charge is 0.224 e. The summed E-state index contributed by atoms with van der Waals surface area (Å²) in [7, 11) is 0. The molecule has 8 nitrogen and oxygen atoms in total. The predicted octanol–water partition coefficient (Wildman–Crippen LogP) is 0.535. The molecule has 0 aromatic carbocycles. The zero-order chi connectivity index (χ0) is 16.0. The van der Waals surface area contributed by atoms with Crippen molar-refractivity contribution >= 4 is 22.9 Å². The fourth-order valence-corrected chi connectivity index (χ4v) is 3.38. The zero-order valence-corrected chi connectivity index (χ0v) is 12.9. The van der Waals surface area contributed by atoms with Crippen molar-refractivity contribution in [3.05, 3.63) is 6.33 Å². The van der Waals surface area contributed by atoms with Gasteiger partial charge in [-0.05, 0) is 31.6 Å². The normalized spacial score (nSPS) is 27.7. The Bertz CT molecular complexity index is 713. The van der Waals surface area contributed by atoms with Crippen molar-refractivity contribution in [3.63, 3.8) is 0 Å². The molecule has 0 saturated heterocycles. The van der Waals surface area contributed by atoms with E-state index >= 15 is 0 Å². The van der Waals surface area contributed by atoms with Gasteiger partial charge < -0.3 is 25.8 Å². The van der Waals surface area contributed by atoms with Crippen molar-refractivity contribution in [1.29, 1.82) is 0 Å². The van der Waals surface area contributed by atoms with E-state index in [2.05, 4.69) is 20.3 Å². The Balaban J connectivity index is 1.65. The van der Waals surface area contributed by atoms with Crippen molar-refractivity contribution in [2.45, 2.75) is 37.8 Å². The number of anilines is 2. The second kappa shape index (κ2) is 5.61. The Hall–Kier alpha value is -1.93. The zero-order valence-electron chi connectivity index (χ0n) is 12.9. The minimum atomic E-state index is -0.492. The first-order valence-electron chi connectivity index (χ1n) is 8.18. The third-order valence-corrected chi connectivity index (χ3v) is 4.95. The fraction of sp³-hybridized carbons (Fsp3) is 0.667. The first-order valence-corrected chi connectivity index (χ1v) is 8.18. The number of fused-ring (bicyclic) bond motifs is 1. The maximum absolute atomic E-state index is 10.0. The maximum Gasteiger partial charge on any atom is 0.224 e. The molecule has 0 spiro atoms. The molecule has 3 atom stereocenters. The van der Waals surface area contributed by atoms with E-state index in [9.17, 15) is 10.2 Å². The van der Waals surface area contributed by atoms with E-state index in [1.165, 1.54) is 12.8 Å². The molecule has 23 heavy (non-hydrogen) atoms. The lowest BCUT2D eigenvalue weighted by Gasteiger charge is -2.13. The number of nitrogens with one attached hydrogen (secondary N) is 1. The van der Waals surface area contributed by atoms with Gasteiger partial charge >= 0.3 is 0 Å². The number of nitrogens with two attached hydrogens (primary N) is 1. The number of aliphatic hydroxyl groups excluding tert-OH is 2. The summed E-state index contributed by atoms with van der Waals surface area (Å²) in [6.07, 6.45) is 5.05. The second-order valence-corrected chi connectivity index (χ2v) is 6.71. The summed E-state index contributed by atoms with van der Waals surface area (Å²) in [4.78, 5) is 13.1. The van der Waals surface area contributed by atoms with Crippen LogP contribution in [0, 0.1) is 11.8 Å². The molecule has 2 fully saturated rings. The summed E-state index contributed by atoms with van der Waals surface area (Å²) in [6.45, 7) is 0.878. The van der Waals surface area contributed by atoms with Gasteiger partial charge in [-0.15, -0.1) is 0 Å². The lowest BCUT2D eigenvalue weighted by Crippen LogP contribution is -2.16. The average molecular weight is 318 g/mol. The Morgan fingerprint density at radius 3 is 2.83 bits per heavy atom. The van der Waals surface area contributed by atoms with Crippen LogP contribution in [0.15, 0.2) is 6.33 Å². The van der Waals surface area contributed by atoms with Crippen molar-refractivity contribution in [1.82, 2.24) is 19.5 Å². The third-order valence-electron chi connectivity index (χ3n) is 4.95. The minimum Gasteiger partial charge on any atom is -0.396 e. The lowest BCUT2D eigenvalue weighted by atomic mass is 10.1. The largest absolute Gasteiger partial charge is 0.396 e. The van der Waals surface area contributed by atoms with Crippen LogP contribution in [0.3, 0.4) is 0 Å². The number of nitrogens with zero attached hydrogens (tertiary/aromatic N) is 4. The standard InChI is InChI=1S/C15H22N6O2/c16-15-19-13(17-5-8-1-2-8)12-14(20-15)21(7-18-12)10-3-9(6-22)11(23)4-10/h7-11,22-23H,1-6H2,(H3,16,17,19,20)/t9-,10-,11+/m0/s1. The predicted molar refractivity (Wildman–Crippen MR) is 85.8 cm³/mol. The number of hydrogen-bond acceptors (Lipinski definition) is 7. The summed E-state index contributed by atoms with van der Waals surface area (Å²) in [5.74, 6) is 1.52. The molecule has 2 heterocycles. The third kappa shape index (κ3) is 2.72. The molecule has 8 heteroatoms. The number of hydrogen-bond donors (Lipinski definition) is 4. The maximum atomic E-state index is 10.0. The van der Waals surface area contributed by atoms with E-state index in [0.29, 0.717) is 29.8 Å². The van der Waals surface area contributed by atoms with Gasteiger partial charge in [0.15, 0.2) is 17.0 Å². The lowest BCUT2D eigenvalue weighted by molar-refractivity contribution is 0.0906. The highest BCUT2D eigenvalue weighted by atomic mass is 16.3. The summed E-state index contributed by atoms with van der Waals surface area (Å²) in [5.41, 5.74) is 7.26. The highest BCUT2D eigenvalue weighted by Crippen LogP contribution is 2.37. The number of aliphatic hydroxyl groups is 2. The van der Waals surface area contributed by atoms with Crippen LogP contribution in [0.4, 0.5) is 11.8 Å². The first-order chi connectivity index (χ1) is 11.2. The summed E-state index contributed by atoms with van der Waals surface area (Å²) in [5, 5.41) is 22.7. The SMILES string of the molecule is Nc1nc(NCC2CC2)c2ncn([C@H]3C[C@@H](CO)[C@H](O)C3)c2n1. The van der Waals surface area contributed by atoms with Crippen molar-refractivity contribution in [2.75, 3.05) is 24.2 Å². The first kappa shape index (κ1) is 14.6. The van der Waals surface area contributed by atoms with Gasteiger partial charge in [0.2, 0.25) is 5.95 Å². The molecule has 124 valence electrons. The molecule has 0 unspecified atom stereocenters. The Morgan fingerprint density at radius 1 is 1.30 bits per heavy atom. The summed E-state index contributed by atoms with van der Waals surface area (Å²) < 4.78 is 1.95. The molecule has 4 rings (SSSR count). The summed E-state index contributed by atoms with van der Waals surface area (Å²) >= 11 is 0. The summed E-state index contributed by atoms with van der Waals surface area (Å²) in [6, 6.07) is 0.0673. The highest BCUT2D eigenvalue weighted by Gasteiger charge is 2.34. The molecule has 0 radical (unpaired) electrons. The van der Waals surface area contributed by atoms with Crippen LogP contribution in [0.1, 0.15) is 31.7 Å². The molecular formula is C15H22N6O2. The number of nitrogen functional groups attached to an aromatic ring is 1. The van der Waals surface area contributed by atoms with E-state index in [-0.39, 0.29) is 24.5 Å². The van der Waals surface area contributed by atoms with Crippen LogP contribution in [-0.4, -0.2) is 49.0 Å². The molecule has 2 aromatic heterocycles.